The molecule has 80 valence electrons. The Morgan fingerprint density at radius 1 is 1.23 bits per heavy atom. The van der Waals surface area contributed by atoms with E-state index in [2.05, 4.69) is 37.9 Å². The minimum atomic E-state index is 0.792. The van der Waals surface area contributed by atoms with Gasteiger partial charge in [0.15, 0.2) is 0 Å². The van der Waals surface area contributed by atoms with E-state index in [1.54, 1.807) is 0 Å². The lowest BCUT2D eigenvalue weighted by Crippen LogP contribution is -2.37. The molecule has 0 radical (unpaired) electrons. The summed E-state index contributed by atoms with van der Waals surface area (Å²) in [4.78, 5) is 4.78. The van der Waals surface area contributed by atoms with Crippen LogP contribution in [0.15, 0.2) is 0 Å². The molecule has 0 saturated carbocycles. The molecular weight excluding hydrogens is 160 g/mol. The summed E-state index contributed by atoms with van der Waals surface area (Å²) in [6.07, 6.45) is 2.74. The summed E-state index contributed by atoms with van der Waals surface area (Å²) in [6, 6.07) is 1.58. The van der Waals surface area contributed by atoms with Crippen LogP contribution in [0.25, 0.3) is 0 Å². The zero-order valence-electron chi connectivity index (χ0n) is 10.2. The van der Waals surface area contributed by atoms with Crippen molar-refractivity contribution in [3.05, 3.63) is 0 Å². The number of nitrogens with zero attached hydrogens (tertiary/aromatic N) is 2. The number of hydrogen-bond donors (Lipinski definition) is 0. The van der Waals surface area contributed by atoms with Gasteiger partial charge in [0.25, 0.3) is 0 Å². The Morgan fingerprint density at radius 2 is 1.77 bits per heavy atom. The molecule has 0 spiro atoms. The topological polar surface area (TPSA) is 6.48 Å². The third kappa shape index (κ3) is 4.10. The average molecular weight is 186 g/mol. The molecule has 0 aromatic carbocycles. The van der Waals surface area contributed by atoms with Crippen LogP contribution in [0.5, 0.6) is 0 Å². The van der Waals surface area contributed by atoms with Gasteiger partial charge in [-0.25, -0.2) is 0 Å². The Labute approximate surface area is 83.9 Å². The summed E-state index contributed by atoms with van der Waals surface area (Å²) in [5.41, 5.74) is 0. The summed E-state index contributed by atoms with van der Waals surface area (Å²) in [7, 11) is 6.54. The van der Waals surface area contributed by atoms with Gasteiger partial charge in [0.1, 0.15) is 0 Å². The van der Waals surface area contributed by atoms with Gasteiger partial charge in [0, 0.05) is 18.6 Å². The lowest BCUT2D eigenvalue weighted by Gasteiger charge is -2.25. The second-order valence-corrected chi connectivity index (χ2v) is 4.01. The van der Waals surface area contributed by atoms with Gasteiger partial charge in [-0.05, 0) is 40.9 Å². The molecule has 0 aliphatic carbocycles. The van der Waals surface area contributed by atoms with Crippen LogP contribution in [-0.2, 0) is 0 Å². The predicted molar refractivity (Wildman–Crippen MR) is 60.1 cm³/mol. The summed E-state index contributed by atoms with van der Waals surface area (Å²) in [6.45, 7) is 7.52. The van der Waals surface area contributed by atoms with Gasteiger partial charge < -0.3 is 4.90 Å². The van der Waals surface area contributed by atoms with Crippen molar-refractivity contribution in [3.63, 3.8) is 0 Å². The molecule has 1 aliphatic heterocycles. The smallest absolute Gasteiger partial charge is 0.0223 e. The number of hydrogen-bond acceptors (Lipinski definition) is 2. The first kappa shape index (κ1) is 12.9. The second-order valence-electron chi connectivity index (χ2n) is 4.01. The van der Waals surface area contributed by atoms with E-state index in [1.165, 1.54) is 19.4 Å². The molecule has 1 fully saturated rings. The molecule has 0 bridgehead atoms. The Bertz CT molecular complexity index is 123. The molecule has 0 aromatic heterocycles. The second kappa shape index (κ2) is 6.39. The standard InChI is InChI=1S/C9H20N2.C2H6/c1-8-5-6-9(11(8)4)7-10(2)3;1-2/h8-9H,5-7H2,1-4H3;1-2H3. The summed E-state index contributed by atoms with van der Waals surface area (Å²) in [5.74, 6) is 0. The van der Waals surface area contributed by atoms with Crippen molar-refractivity contribution in [1.29, 1.82) is 0 Å². The predicted octanol–water partition coefficient (Wildman–Crippen LogP) is 2.06. The summed E-state index contributed by atoms with van der Waals surface area (Å²) in [5, 5.41) is 0. The molecule has 1 aliphatic rings. The van der Waals surface area contributed by atoms with Gasteiger partial charge in [-0.1, -0.05) is 13.8 Å². The van der Waals surface area contributed by atoms with Crippen molar-refractivity contribution in [2.24, 2.45) is 0 Å². The van der Waals surface area contributed by atoms with E-state index >= 15 is 0 Å². The van der Waals surface area contributed by atoms with Gasteiger partial charge in [0.2, 0.25) is 0 Å². The van der Waals surface area contributed by atoms with Crippen LogP contribution in [0.4, 0.5) is 0 Å². The minimum Gasteiger partial charge on any atom is -0.308 e. The van der Waals surface area contributed by atoms with Crippen molar-refractivity contribution < 1.29 is 0 Å². The molecule has 1 saturated heterocycles. The molecule has 2 atom stereocenters. The van der Waals surface area contributed by atoms with Crippen LogP contribution in [0, 0.1) is 0 Å². The molecule has 0 N–H and O–H groups in total. The number of likely N-dealkylation sites (N-methyl/N-ethyl adjacent to an activating group) is 2. The average Bonchev–Trinajstić information content (AvgIpc) is 2.39. The highest BCUT2D eigenvalue weighted by Crippen LogP contribution is 2.21. The van der Waals surface area contributed by atoms with Gasteiger partial charge in [0.05, 0.1) is 0 Å². The lowest BCUT2D eigenvalue weighted by molar-refractivity contribution is 0.209. The monoisotopic (exact) mass is 186 g/mol. The molecule has 2 unspecified atom stereocenters. The number of likely N-dealkylation sites (tertiary alicyclic amines) is 1. The lowest BCUT2D eigenvalue weighted by atomic mass is 10.2. The van der Waals surface area contributed by atoms with E-state index in [9.17, 15) is 0 Å². The maximum absolute atomic E-state index is 2.50. The molecule has 1 rings (SSSR count). The van der Waals surface area contributed by atoms with Gasteiger partial charge in [-0.15, -0.1) is 0 Å². The van der Waals surface area contributed by atoms with Gasteiger partial charge in [-0.2, -0.15) is 0 Å². The van der Waals surface area contributed by atoms with Gasteiger partial charge in [-0.3, -0.25) is 4.90 Å². The zero-order valence-corrected chi connectivity index (χ0v) is 10.2. The Morgan fingerprint density at radius 3 is 2.08 bits per heavy atom. The van der Waals surface area contributed by atoms with Crippen LogP contribution in [0.1, 0.15) is 33.6 Å². The van der Waals surface area contributed by atoms with Crippen molar-refractivity contribution in [2.75, 3.05) is 27.7 Å². The van der Waals surface area contributed by atoms with E-state index in [0.29, 0.717) is 0 Å². The maximum atomic E-state index is 2.50. The molecular formula is C11H26N2. The van der Waals surface area contributed by atoms with Crippen LogP contribution in [0.2, 0.25) is 0 Å². The van der Waals surface area contributed by atoms with Crippen LogP contribution < -0.4 is 0 Å². The molecule has 1 heterocycles. The van der Waals surface area contributed by atoms with Crippen molar-refractivity contribution >= 4 is 0 Å². The van der Waals surface area contributed by atoms with E-state index in [4.69, 9.17) is 0 Å². The molecule has 13 heavy (non-hydrogen) atoms. The van der Waals surface area contributed by atoms with Gasteiger partial charge >= 0.3 is 0 Å². The van der Waals surface area contributed by atoms with E-state index in [0.717, 1.165) is 12.1 Å². The SMILES string of the molecule is CC.CC1CCC(CN(C)C)N1C. The van der Waals surface area contributed by atoms with Crippen LogP contribution in [0.3, 0.4) is 0 Å². The first-order valence-corrected chi connectivity index (χ1v) is 5.48. The third-order valence-corrected chi connectivity index (χ3v) is 2.76. The zero-order chi connectivity index (χ0) is 10.4. The van der Waals surface area contributed by atoms with E-state index < -0.39 is 0 Å². The molecule has 0 aromatic rings. The Balaban J connectivity index is 0.000000671. The number of rotatable bonds is 2. The first-order valence-electron chi connectivity index (χ1n) is 5.48. The van der Waals surface area contributed by atoms with Crippen molar-refractivity contribution in [2.45, 2.75) is 45.7 Å². The van der Waals surface area contributed by atoms with Crippen molar-refractivity contribution in [1.82, 2.24) is 9.80 Å². The van der Waals surface area contributed by atoms with Crippen molar-refractivity contribution in [3.8, 4) is 0 Å². The fourth-order valence-corrected chi connectivity index (χ4v) is 1.84. The minimum absolute atomic E-state index is 0.792. The largest absolute Gasteiger partial charge is 0.308 e. The Kier molecular flexibility index (Phi) is 6.35. The highest BCUT2D eigenvalue weighted by molar-refractivity contribution is 4.83. The normalized spacial score (nSPS) is 28.8. The Hall–Kier alpha value is -0.0800. The van der Waals surface area contributed by atoms with E-state index in [1.807, 2.05) is 13.8 Å². The quantitative estimate of drug-likeness (QED) is 0.651. The van der Waals surface area contributed by atoms with Crippen LogP contribution in [-0.4, -0.2) is 49.6 Å². The first-order chi connectivity index (χ1) is 6.11. The highest BCUT2D eigenvalue weighted by Gasteiger charge is 2.26. The fourth-order valence-electron chi connectivity index (χ4n) is 1.84. The summed E-state index contributed by atoms with van der Waals surface area (Å²) >= 11 is 0. The fraction of sp³-hybridized carbons (Fsp3) is 1.00. The molecule has 2 heteroatoms. The molecule has 2 nitrogen and oxygen atoms in total. The van der Waals surface area contributed by atoms with E-state index in [-0.39, 0.29) is 0 Å². The molecule has 0 amide bonds. The maximum Gasteiger partial charge on any atom is 0.0223 e. The third-order valence-electron chi connectivity index (χ3n) is 2.76. The summed E-state index contributed by atoms with van der Waals surface area (Å²) < 4.78 is 0. The van der Waals surface area contributed by atoms with Crippen LogP contribution >= 0.6 is 0 Å². The highest BCUT2D eigenvalue weighted by atomic mass is 15.2.